The second-order valence-corrected chi connectivity index (χ2v) is 6.09. The standard InChI is InChI=1S/C16H23ClN2O2/c17-14-10-13(11-15-16(14)21-9-8-20-15)12-18-4-7-19-5-2-1-3-6-19/h10-11,18H,1-9,12H2. The molecule has 0 aliphatic carbocycles. The van der Waals surface area contributed by atoms with Crippen molar-refractivity contribution in [2.45, 2.75) is 25.8 Å². The van der Waals surface area contributed by atoms with E-state index in [1.54, 1.807) is 0 Å². The number of nitrogens with one attached hydrogen (secondary N) is 1. The first-order valence-corrected chi connectivity index (χ1v) is 8.22. The fraction of sp³-hybridized carbons (Fsp3) is 0.625. The van der Waals surface area contributed by atoms with Crippen LogP contribution in [0.4, 0.5) is 0 Å². The molecule has 1 N–H and O–H groups in total. The van der Waals surface area contributed by atoms with Gasteiger partial charge in [0.15, 0.2) is 11.5 Å². The number of benzene rings is 1. The third kappa shape index (κ3) is 4.02. The summed E-state index contributed by atoms with van der Waals surface area (Å²) in [6.45, 7) is 6.60. The van der Waals surface area contributed by atoms with Gasteiger partial charge in [-0.15, -0.1) is 0 Å². The van der Waals surface area contributed by atoms with E-state index in [9.17, 15) is 0 Å². The predicted molar refractivity (Wildman–Crippen MR) is 84.4 cm³/mol. The van der Waals surface area contributed by atoms with E-state index in [1.807, 2.05) is 12.1 Å². The van der Waals surface area contributed by atoms with Gasteiger partial charge in [0.05, 0.1) is 5.02 Å². The van der Waals surface area contributed by atoms with Gasteiger partial charge < -0.3 is 19.7 Å². The Morgan fingerprint density at radius 1 is 1.10 bits per heavy atom. The Kier molecular flexibility index (Phi) is 5.22. The van der Waals surface area contributed by atoms with Gasteiger partial charge in [-0.3, -0.25) is 0 Å². The molecular weight excluding hydrogens is 288 g/mol. The predicted octanol–water partition coefficient (Wildman–Crippen LogP) is 2.69. The molecule has 0 saturated carbocycles. The van der Waals surface area contributed by atoms with Gasteiger partial charge in [-0.2, -0.15) is 0 Å². The number of hydrogen-bond donors (Lipinski definition) is 1. The lowest BCUT2D eigenvalue weighted by molar-refractivity contribution is 0.171. The summed E-state index contributed by atoms with van der Waals surface area (Å²) in [6.07, 6.45) is 4.08. The molecule has 3 rings (SSSR count). The maximum atomic E-state index is 6.24. The molecule has 0 atom stereocenters. The van der Waals surface area contributed by atoms with Crippen molar-refractivity contribution >= 4 is 11.6 Å². The van der Waals surface area contributed by atoms with Crippen LogP contribution in [0.15, 0.2) is 12.1 Å². The molecule has 0 spiro atoms. The van der Waals surface area contributed by atoms with E-state index in [-0.39, 0.29) is 0 Å². The van der Waals surface area contributed by atoms with Crippen LogP contribution < -0.4 is 14.8 Å². The molecule has 21 heavy (non-hydrogen) atoms. The van der Waals surface area contributed by atoms with Crippen LogP contribution in [-0.4, -0.2) is 44.3 Å². The van der Waals surface area contributed by atoms with Crippen molar-refractivity contribution in [3.63, 3.8) is 0 Å². The second kappa shape index (κ2) is 7.34. The quantitative estimate of drug-likeness (QED) is 0.848. The monoisotopic (exact) mass is 310 g/mol. The minimum absolute atomic E-state index is 0.570. The topological polar surface area (TPSA) is 33.7 Å². The zero-order valence-electron chi connectivity index (χ0n) is 12.4. The van der Waals surface area contributed by atoms with Gasteiger partial charge in [0.2, 0.25) is 0 Å². The normalized spacial score (nSPS) is 18.7. The highest BCUT2D eigenvalue weighted by Gasteiger charge is 2.16. The molecule has 0 radical (unpaired) electrons. The van der Waals surface area contributed by atoms with Crippen LogP contribution in [-0.2, 0) is 6.54 Å². The summed E-state index contributed by atoms with van der Waals surface area (Å²) in [7, 11) is 0. The van der Waals surface area contributed by atoms with Gasteiger partial charge in [0.25, 0.3) is 0 Å². The summed E-state index contributed by atoms with van der Waals surface area (Å²) in [5.74, 6) is 1.45. The largest absolute Gasteiger partial charge is 0.486 e. The number of hydrogen-bond acceptors (Lipinski definition) is 4. The summed E-state index contributed by atoms with van der Waals surface area (Å²) < 4.78 is 11.1. The van der Waals surface area contributed by atoms with Crippen molar-refractivity contribution < 1.29 is 9.47 Å². The molecule has 0 bridgehead atoms. The molecular formula is C16H23ClN2O2. The molecule has 2 aliphatic heterocycles. The highest BCUT2D eigenvalue weighted by Crippen LogP contribution is 2.38. The summed E-state index contributed by atoms with van der Waals surface area (Å²) in [5.41, 5.74) is 1.14. The van der Waals surface area contributed by atoms with E-state index in [2.05, 4.69) is 10.2 Å². The molecule has 1 aromatic carbocycles. The first-order valence-electron chi connectivity index (χ1n) is 7.84. The minimum atomic E-state index is 0.570. The summed E-state index contributed by atoms with van der Waals surface area (Å²) in [5, 5.41) is 4.13. The van der Waals surface area contributed by atoms with Gasteiger partial charge in [0, 0.05) is 19.6 Å². The second-order valence-electron chi connectivity index (χ2n) is 5.68. The van der Waals surface area contributed by atoms with Crippen molar-refractivity contribution in [1.29, 1.82) is 0 Å². The van der Waals surface area contributed by atoms with Crippen molar-refractivity contribution in [2.24, 2.45) is 0 Å². The molecule has 0 unspecified atom stereocenters. The number of fused-ring (bicyclic) bond motifs is 1. The lowest BCUT2D eigenvalue weighted by Crippen LogP contribution is -2.35. The average Bonchev–Trinajstić information content (AvgIpc) is 2.53. The van der Waals surface area contributed by atoms with E-state index in [0.717, 1.165) is 30.9 Å². The Bertz CT molecular complexity index is 476. The van der Waals surface area contributed by atoms with Gasteiger partial charge in [-0.1, -0.05) is 18.0 Å². The summed E-state index contributed by atoms with van der Waals surface area (Å²) >= 11 is 6.24. The van der Waals surface area contributed by atoms with Crippen molar-refractivity contribution in [1.82, 2.24) is 10.2 Å². The number of halogens is 1. The molecule has 116 valence electrons. The van der Waals surface area contributed by atoms with Crippen LogP contribution in [0.1, 0.15) is 24.8 Å². The highest BCUT2D eigenvalue weighted by molar-refractivity contribution is 6.32. The Labute approximate surface area is 131 Å². The number of likely N-dealkylation sites (tertiary alicyclic amines) is 1. The van der Waals surface area contributed by atoms with E-state index < -0.39 is 0 Å². The van der Waals surface area contributed by atoms with Crippen molar-refractivity contribution in [3.8, 4) is 11.5 Å². The van der Waals surface area contributed by atoms with Crippen LogP contribution in [0, 0.1) is 0 Å². The molecule has 0 amide bonds. The molecule has 1 fully saturated rings. The van der Waals surface area contributed by atoms with Gasteiger partial charge in [0.1, 0.15) is 13.2 Å². The Morgan fingerprint density at radius 2 is 1.90 bits per heavy atom. The molecule has 4 nitrogen and oxygen atoms in total. The maximum absolute atomic E-state index is 6.24. The minimum Gasteiger partial charge on any atom is -0.486 e. The Balaban J connectivity index is 1.47. The summed E-state index contributed by atoms with van der Waals surface area (Å²) in [6, 6.07) is 3.98. The van der Waals surface area contributed by atoms with Crippen LogP contribution >= 0.6 is 11.6 Å². The average molecular weight is 311 g/mol. The zero-order valence-corrected chi connectivity index (χ0v) is 13.1. The molecule has 0 aromatic heterocycles. The molecule has 2 heterocycles. The van der Waals surface area contributed by atoms with Gasteiger partial charge in [-0.25, -0.2) is 0 Å². The fourth-order valence-corrected chi connectivity index (χ4v) is 3.21. The van der Waals surface area contributed by atoms with E-state index in [1.165, 1.54) is 32.4 Å². The van der Waals surface area contributed by atoms with E-state index in [0.29, 0.717) is 24.0 Å². The van der Waals surface area contributed by atoms with E-state index in [4.69, 9.17) is 21.1 Å². The van der Waals surface area contributed by atoms with Crippen molar-refractivity contribution in [3.05, 3.63) is 22.7 Å². The Hall–Kier alpha value is -0.970. The number of rotatable bonds is 5. The van der Waals surface area contributed by atoms with Crippen LogP contribution in [0.5, 0.6) is 11.5 Å². The number of nitrogens with zero attached hydrogens (tertiary/aromatic N) is 1. The molecule has 1 saturated heterocycles. The van der Waals surface area contributed by atoms with Crippen molar-refractivity contribution in [2.75, 3.05) is 39.4 Å². The van der Waals surface area contributed by atoms with Crippen LogP contribution in [0.2, 0.25) is 5.02 Å². The molecule has 5 heteroatoms. The smallest absolute Gasteiger partial charge is 0.179 e. The highest BCUT2D eigenvalue weighted by atomic mass is 35.5. The lowest BCUT2D eigenvalue weighted by atomic mass is 10.1. The first kappa shape index (κ1) is 14.9. The third-order valence-electron chi connectivity index (χ3n) is 4.04. The fourth-order valence-electron chi connectivity index (χ4n) is 2.92. The third-order valence-corrected chi connectivity index (χ3v) is 4.32. The van der Waals surface area contributed by atoms with Crippen LogP contribution in [0.25, 0.3) is 0 Å². The lowest BCUT2D eigenvalue weighted by Gasteiger charge is -2.26. The number of ether oxygens (including phenoxy) is 2. The van der Waals surface area contributed by atoms with Crippen LogP contribution in [0.3, 0.4) is 0 Å². The Morgan fingerprint density at radius 3 is 2.76 bits per heavy atom. The zero-order chi connectivity index (χ0) is 14.5. The SMILES string of the molecule is Clc1cc(CNCCN2CCCCC2)cc2c1OCCO2. The van der Waals surface area contributed by atoms with E-state index >= 15 is 0 Å². The maximum Gasteiger partial charge on any atom is 0.179 e. The number of piperidine rings is 1. The molecule has 1 aromatic rings. The van der Waals surface area contributed by atoms with Gasteiger partial charge >= 0.3 is 0 Å². The molecule has 2 aliphatic rings. The summed E-state index contributed by atoms with van der Waals surface area (Å²) in [4.78, 5) is 2.54. The first-order chi connectivity index (χ1) is 10.3. The van der Waals surface area contributed by atoms with Gasteiger partial charge in [-0.05, 0) is 43.6 Å².